The van der Waals surface area contributed by atoms with Crippen molar-refractivity contribution in [3.05, 3.63) is 29.8 Å². The summed E-state index contributed by atoms with van der Waals surface area (Å²) in [6, 6.07) is 6.83. The Morgan fingerprint density at radius 2 is 1.90 bits per heavy atom. The van der Waals surface area contributed by atoms with Crippen molar-refractivity contribution in [3.63, 3.8) is 0 Å². The van der Waals surface area contributed by atoms with Gasteiger partial charge in [-0.05, 0) is 44.5 Å². The summed E-state index contributed by atoms with van der Waals surface area (Å²) in [4.78, 5) is 35.5. The lowest BCUT2D eigenvalue weighted by atomic mass is 10.1. The molecule has 5 heteroatoms. The molecule has 106 valence electrons. The summed E-state index contributed by atoms with van der Waals surface area (Å²) in [7, 11) is 0. The van der Waals surface area contributed by atoms with Gasteiger partial charge in [-0.15, -0.1) is 0 Å². The lowest BCUT2D eigenvalue weighted by Crippen LogP contribution is -2.24. The van der Waals surface area contributed by atoms with E-state index >= 15 is 0 Å². The van der Waals surface area contributed by atoms with Crippen molar-refractivity contribution in [2.75, 3.05) is 11.4 Å². The van der Waals surface area contributed by atoms with E-state index in [9.17, 15) is 14.4 Å². The third kappa shape index (κ3) is 3.23. The van der Waals surface area contributed by atoms with Crippen molar-refractivity contribution >= 4 is 23.3 Å². The maximum absolute atomic E-state index is 11.8. The van der Waals surface area contributed by atoms with Crippen LogP contribution in [0.3, 0.4) is 0 Å². The predicted molar refractivity (Wildman–Crippen MR) is 74.0 cm³/mol. The van der Waals surface area contributed by atoms with Crippen molar-refractivity contribution in [2.24, 2.45) is 0 Å². The number of ketones is 2. The van der Waals surface area contributed by atoms with Gasteiger partial charge in [-0.2, -0.15) is 0 Å². The Labute approximate surface area is 117 Å². The number of hydrogen-bond acceptors (Lipinski definition) is 4. The van der Waals surface area contributed by atoms with E-state index in [0.29, 0.717) is 30.6 Å². The molecule has 0 aromatic heterocycles. The number of hydrogen-bond donors (Lipinski definition) is 0. The molecule has 1 aromatic rings. The molecule has 1 heterocycles. The highest BCUT2D eigenvalue weighted by molar-refractivity contribution is 5.95. The molecule has 1 atom stereocenters. The van der Waals surface area contributed by atoms with E-state index < -0.39 is 6.09 Å². The zero-order chi connectivity index (χ0) is 14.7. The van der Waals surface area contributed by atoms with Crippen LogP contribution in [0.25, 0.3) is 0 Å². The Balaban J connectivity index is 2.03. The fraction of sp³-hybridized carbons (Fsp3) is 0.400. The average molecular weight is 275 g/mol. The molecule has 1 saturated heterocycles. The first kappa shape index (κ1) is 14.2. The molecule has 0 N–H and O–H groups in total. The van der Waals surface area contributed by atoms with Crippen LogP contribution in [0.5, 0.6) is 0 Å². The first-order valence-corrected chi connectivity index (χ1v) is 6.56. The van der Waals surface area contributed by atoms with Crippen LogP contribution in [0, 0.1) is 0 Å². The van der Waals surface area contributed by atoms with Gasteiger partial charge in [0.1, 0.15) is 11.9 Å². The molecule has 0 saturated carbocycles. The van der Waals surface area contributed by atoms with E-state index in [1.165, 1.54) is 18.7 Å². The third-order valence-electron chi connectivity index (χ3n) is 3.28. The average Bonchev–Trinajstić information content (AvgIpc) is 2.78. The molecule has 0 spiro atoms. The van der Waals surface area contributed by atoms with Crippen molar-refractivity contribution in [1.29, 1.82) is 0 Å². The molecular weight excluding hydrogens is 258 g/mol. The number of carbonyl (C=O) groups is 3. The first-order valence-electron chi connectivity index (χ1n) is 6.56. The highest BCUT2D eigenvalue weighted by Crippen LogP contribution is 2.24. The normalized spacial score (nSPS) is 18.0. The van der Waals surface area contributed by atoms with Crippen molar-refractivity contribution < 1.29 is 19.1 Å². The van der Waals surface area contributed by atoms with Crippen LogP contribution in [0.15, 0.2) is 24.3 Å². The Bertz CT molecular complexity index is 535. The molecule has 0 bridgehead atoms. The van der Waals surface area contributed by atoms with Crippen molar-refractivity contribution in [3.8, 4) is 0 Å². The molecule has 1 aromatic carbocycles. The SMILES string of the molecule is CC(=O)CC[C@H]1CN(c2ccc(C(C)=O)cc2)C(=O)O1. The Kier molecular flexibility index (Phi) is 4.17. The highest BCUT2D eigenvalue weighted by atomic mass is 16.6. The lowest BCUT2D eigenvalue weighted by Gasteiger charge is -2.13. The lowest BCUT2D eigenvalue weighted by molar-refractivity contribution is -0.117. The highest BCUT2D eigenvalue weighted by Gasteiger charge is 2.32. The summed E-state index contributed by atoms with van der Waals surface area (Å²) >= 11 is 0. The van der Waals surface area contributed by atoms with Gasteiger partial charge in [-0.3, -0.25) is 9.69 Å². The number of Topliss-reactive ketones (excluding diaryl/α,β-unsaturated/α-hetero) is 2. The minimum atomic E-state index is -0.408. The van der Waals surface area contributed by atoms with Gasteiger partial charge in [0, 0.05) is 17.7 Å². The molecular formula is C15H17NO4. The van der Waals surface area contributed by atoms with Gasteiger partial charge in [-0.25, -0.2) is 4.79 Å². The van der Waals surface area contributed by atoms with Crippen LogP contribution in [-0.2, 0) is 9.53 Å². The minimum absolute atomic E-state index is 0.0140. The second-order valence-electron chi connectivity index (χ2n) is 4.96. The molecule has 0 aliphatic carbocycles. The molecule has 1 aliphatic heterocycles. The zero-order valence-electron chi connectivity index (χ0n) is 11.6. The number of benzene rings is 1. The summed E-state index contributed by atoms with van der Waals surface area (Å²) in [5.41, 5.74) is 1.31. The summed E-state index contributed by atoms with van der Waals surface area (Å²) in [6.45, 7) is 3.46. The monoisotopic (exact) mass is 275 g/mol. The van der Waals surface area contributed by atoms with E-state index in [4.69, 9.17) is 4.74 Å². The van der Waals surface area contributed by atoms with Crippen LogP contribution in [0.1, 0.15) is 37.0 Å². The molecule has 1 amide bonds. The summed E-state index contributed by atoms with van der Waals surface area (Å²) < 4.78 is 5.22. The largest absolute Gasteiger partial charge is 0.444 e. The quantitative estimate of drug-likeness (QED) is 0.775. The molecule has 0 radical (unpaired) electrons. The molecule has 2 rings (SSSR count). The van der Waals surface area contributed by atoms with E-state index in [-0.39, 0.29) is 17.7 Å². The number of nitrogens with zero attached hydrogens (tertiary/aromatic N) is 1. The predicted octanol–water partition coefficient (Wildman–Crippen LogP) is 2.58. The maximum Gasteiger partial charge on any atom is 0.414 e. The summed E-state index contributed by atoms with van der Waals surface area (Å²) in [5, 5.41) is 0. The van der Waals surface area contributed by atoms with E-state index in [1.54, 1.807) is 24.3 Å². The Morgan fingerprint density at radius 3 is 2.45 bits per heavy atom. The van der Waals surface area contributed by atoms with Gasteiger partial charge >= 0.3 is 6.09 Å². The Morgan fingerprint density at radius 1 is 1.25 bits per heavy atom. The number of amides is 1. The van der Waals surface area contributed by atoms with Gasteiger partial charge in [-0.1, -0.05) is 0 Å². The standard InChI is InChI=1S/C15H17NO4/c1-10(17)3-8-14-9-16(15(19)20-14)13-6-4-12(5-7-13)11(2)18/h4-7,14H,3,8-9H2,1-2H3/t14-/m0/s1. The summed E-state index contributed by atoms with van der Waals surface area (Å²) in [6.07, 6.45) is 0.297. The second-order valence-corrected chi connectivity index (χ2v) is 4.96. The molecule has 0 unspecified atom stereocenters. The summed E-state index contributed by atoms with van der Waals surface area (Å²) in [5.74, 6) is 0.0743. The van der Waals surface area contributed by atoms with Crippen LogP contribution < -0.4 is 4.90 Å². The number of anilines is 1. The van der Waals surface area contributed by atoms with Crippen molar-refractivity contribution in [1.82, 2.24) is 0 Å². The van der Waals surface area contributed by atoms with Crippen LogP contribution in [0.2, 0.25) is 0 Å². The van der Waals surface area contributed by atoms with E-state index in [0.717, 1.165) is 0 Å². The maximum atomic E-state index is 11.8. The molecule has 1 aliphatic rings. The van der Waals surface area contributed by atoms with Crippen molar-refractivity contribution in [2.45, 2.75) is 32.8 Å². The number of rotatable bonds is 5. The topological polar surface area (TPSA) is 63.7 Å². The van der Waals surface area contributed by atoms with Gasteiger partial charge < -0.3 is 9.53 Å². The second kappa shape index (κ2) is 5.86. The number of carbonyl (C=O) groups excluding carboxylic acids is 3. The third-order valence-corrected chi connectivity index (χ3v) is 3.28. The van der Waals surface area contributed by atoms with Crippen LogP contribution in [-0.4, -0.2) is 30.3 Å². The molecule has 5 nitrogen and oxygen atoms in total. The minimum Gasteiger partial charge on any atom is -0.444 e. The van der Waals surface area contributed by atoms with Gasteiger partial charge in [0.15, 0.2) is 5.78 Å². The fourth-order valence-electron chi connectivity index (χ4n) is 2.12. The fourth-order valence-corrected chi connectivity index (χ4v) is 2.12. The zero-order valence-corrected chi connectivity index (χ0v) is 11.6. The molecule has 20 heavy (non-hydrogen) atoms. The van der Waals surface area contributed by atoms with E-state index in [2.05, 4.69) is 0 Å². The smallest absolute Gasteiger partial charge is 0.414 e. The van der Waals surface area contributed by atoms with Gasteiger partial charge in [0.2, 0.25) is 0 Å². The number of ether oxygens (including phenoxy) is 1. The van der Waals surface area contributed by atoms with E-state index in [1.807, 2.05) is 0 Å². The van der Waals surface area contributed by atoms with Crippen LogP contribution >= 0.6 is 0 Å². The van der Waals surface area contributed by atoms with Gasteiger partial charge in [0.25, 0.3) is 0 Å². The molecule has 1 fully saturated rings. The first-order chi connectivity index (χ1) is 9.47. The van der Waals surface area contributed by atoms with Crippen LogP contribution in [0.4, 0.5) is 10.5 Å². The Hall–Kier alpha value is -2.17. The number of cyclic esters (lactones) is 1. The van der Waals surface area contributed by atoms with Gasteiger partial charge in [0.05, 0.1) is 6.54 Å².